The first-order valence-corrected chi connectivity index (χ1v) is 16.0. The number of likely N-dealkylation sites (tertiary alicyclic amines) is 1. The Bertz CT molecular complexity index is 1430. The summed E-state index contributed by atoms with van der Waals surface area (Å²) >= 11 is 0. The molecule has 2 N–H and O–H groups in total. The molecule has 1 aliphatic rings. The Kier molecular flexibility index (Phi) is 12.3. The highest BCUT2D eigenvalue weighted by molar-refractivity contribution is 6.35. The predicted molar refractivity (Wildman–Crippen MR) is 176 cm³/mol. The van der Waals surface area contributed by atoms with E-state index in [1.54, 1.807) is 25.7 Å². The van der Waals surface area contributed by atoms with Crippen LogP contribution in [0, 0.1) is 0 Å². The Balaban J connectivity index is 1.49. The summed E-state index contributed by atoms with van der Waals surface area (Å²) in [4.78, 5) is 54.9. The Morgan fingerprint density at radius 1 is 0.696 bits per heavy atom. The fourth-order valence-corrected chi connectivity index (χ4v) is 5.23. The molecule has 0 bridgehead atoms. The third kappa shape index (κ3) is 11.1. The monoisotopic (exact) mass is 627 g/mol. The Morgan fingerprint density at radius 3 is 1.83 bits per heavy atom. The van der Waals surface area contributed by atoms with E-state index < -0.39 is 41.4 Å². The van der Waals surface area contributed by atoms with Gasteiger partial charge in [0.1, 0.15) is 30.0 Å². The molecule has 3 aromatic carbocycles. The molecule has 0 aromatic heterocycles. The molecule has 1 saturated heterocycles. The normalized spacial score (nSPS) is 14.7. The van der Waals surface area contributed by atoms with Crippen LogP contribution in [0.3, 0.4) is 0 Å². The number of benzene rings is 3. The summed E-state index contributed by atoms with van der Waals surface area (Å²) in [6.45, 7) is 6.73. The first kappa shape index (κ1) is 34.2. The van der Waals surface area contributed by atoms with Gasteiger partial charge in [0.25, 0.3) is 0 Å². The maximum atomic E-state index is 13.8. The number of hydrogen-bond donors (Lipinski definition) is 2. The molecule has 9 nitrogen and oxygen atoms in total. The summed E-state index contributed by atoms with van der Waals surface area (Å²) in [7, 11) is 0. The number of amides is 3. The minimum atomic E-state index is -1.09. The molecule has 244 valence electrons. The van der Waals surface area contributed by atoms with Crippen LogP contribution < -0.4 is 15.4 Å². The largest absolute Gasteiger partial charge is 0.489 e. The number of esters is 1. The first-order valence-electron chi connectivity index (χ1n) is 16.0. The van der Waals surface area contributed by atoms with Crippen molar-refractivity contribution in [3.05, 3.63) is 102 Å². The summed E-state index contributed by atoms with van der Waals surface area (Å²) in [5, 5.41) is 5.48. The maximum Gasteiger partial charge on any atom is 0.329 e. The van der Waals surface area contributed by atoms with Crippen molar-refractivity contribution in [1.82, 2.24) is 15.5 Å². The van der Waals surface area contributed by atoms with Crippen LogP contribution in [0.5, 0.6) is 5.75 Å². The number of carbonyl (C=O) groups is 4. The molecule has 1 aliphatic heterocycles. The lowest BCUT2D eigenvalue weighted by molar-refractivity contribution is -0.158. The Morgan fingerprint density at radius 2 is 1.24 bits per heavy atom. The molecule has 0 radical (unpaired) electrons. The van der Waals surface area contributed by atoms with Gasteiger partial charge in [0.05, 0.1) is 0 Å². The van der Waals surface area contributed by atoms with Crippen molar-refractivity contribution in [3.8, 4) is 5.75 Å². The fraction of sp³-hybridized carbons (Fsp3) is 0.405. The van der Waals surface area contributed by atoms with Crippen LogP contribution in [-0.2, 0) is 43.4 Å². The third-order valence-corrected chi connectivity index (χ3v) is 7.61. The van der Waals surface area contributed by atoms with Gasteiger partial charge in [-0.15, -0.1) is 0 Å². The molecular formula is C37H45N3O6. The summed E-state index contributed by atoms with van der Waals surface area (Å²) in [6, 6.07) is 24.2. The molecule has 4 rings (SSSR count). The summed E-state index contributed by atoms with van der Waals surface area (Å²) in [5.74, 6) is -2.00. The lowest BCUT2D eigenvalue weighted by Gasteiger charge is -2.27. The topological polar surface area (TPSA) is 114 Å². The van der Waals surface area contributed by atoms with Gasteiger partial charge in [-0.3, -0.25) is 14.4 Å². The average molecular weight is 628 g/mol. The smallest absolute Gasteiger partial charge is 0.329 e. The summed E-state index contributed by atoms with van der Waals surface area (Å²) in [6.07, 6.45) is 3.99. The molecule has 1 fully saturated rings. The van der Waals surface area contributed by atoms with E-state index in [1.807, 2.05) is 84.9 Å². The van der Waals surface area contributed by atoms with E-state index in [9.17, 15) is 19.2 Å². The highest BCUT2D eigenvalue weighted by Crippen LogP contribution is 2.18. The van der Waals surface area contributed by atoms with Gasteiger partial charge in [0.2, 0.25) is 5.91 Å². The van der Waals surface area contributed by atoms with E-state index in [2.05, 4.69) is 10.6 Å². The second-order valence-electron chi connectivity index (χ2n) is 12.6. The van der Waals surface area contributed by atoms with Crippen LogP contribution in [0.2, 0.25) is 0 Å². The minimum Gasteiger partial charge on any atom is -0.489 e. The van der Waals surface area contributed by atoms with E-state index in [4.69, 9.17) is 9.47 Å². The van der Waals surface area contributed by atoms with E-state index in [0.29, 0.717) is 25.4 Å². The minimum absolute atomic E-state index is 0.139. The van der Waals surface area contributed by atoms with Gasteiger partial charge in [0.15, 0.2) is 0 Å². The van der Waals surface area contributed by atoms with Crippen molar-refractivity contribution < 1.29 is 28.7 Å². The molecule has 3 amide bonds. The maximum absolute atomic E-state index is 13.8. The summed E-state index contributed by atoms with van der Waals surface area (Å²) < 4.78 is 11.6. The van der Waals surface area contributed by atoms with Crippen LogP contribution in [-0.4, -0.2) is 59.4 Å². The number of ether oxygens (including phenoxy) is 2. The number of nitrogens with one attached hydrogen (secondary N) is 2. The molecule has 2 unspecified atom stereocenters. The molecule has 0 aliphatic carbocycles. The van der Waals surface area contributed by atoms with Gasteiger partial charge in [0, 0.05) is 25.9 Å². The van der Waals surface area contributed by atoms with Crippen molar-refractivity contribution in [2.24, 2.45) is 0 Å². The number of rotatable bonds is 11. The summed E-state index contributed by atoms with van der Waals surface area (Å²) in [5.41, 5.74) is 1.84. The van der Waals surface area contributed by atoms with Gasteiger partial charge in [-0.05, 0) is 62.4 Å². The second kappa shape index (κ2) is 16.6. The van der Waals surface area contributed by atoms with Crippen LogP contribution in [0.25, 0.3) is 0 Å². The zero-order valence-corrected chi connectivity index (χ0v) is 27.0. The first-order chi connectivity index (χ1) is 22.1. The van der Waals surface area contributed by atoms with Crippen LogP contribution >= 0.6 is 0 Å². The van der Waals surface area contributed by atoms with Crippen molar-refractivity contribution >= 4 is 23.7 Å². The zero-order valence-electron chi connectivity index (χ0n) is 27.0. The number of hydrogen-bond acceptors (Lipinski definition) is 6. The highest BCUT2D eigenvalue weighted by atomic mass is 16.6. The van der Waals surface area contributed by atoms with Crippen LogP contribution in [0.15, 0.2) is 84.9 Å². The Hall–Kier alpha value is -4.66. The van der Waals surface area contributed by atoms with E-state index in [1.165, 1.54) is 0 Å². The lowest BCUT2D eigenvalue weighted by Crippen LogP contribution is -2.56. The molecule has 1 heterocycles. The lowest BCUT2D eigenvalue weighted by atomic mass is 10.0. The molecule has 9 heteroatoms. The highest BCUT2D eigenvalue weighted by Gasteiger charge is 2.32. The van der Waals surface area contributed by atoms with E-state index in [0.717, 1.165) is 42.4 Å². The molecule has 0 spiro atoms. The van der Waals surface area contributed by atoms with Crippen molar-refractivity contribution in [3.63, 3.8) is 0 Å². The standard InChI is InChI=1S/C37H45N3O6/c1-37(2,3)46-36(44)32(25-28-18-20-30(21-19-28)45-26-29-16-10-7-11-17-29)39-33(41)31(24-27-14-8-6-9-15-27)38-34(42)35(43)40-22-12-4-5-13-23-40/h6-11,14-21,31-32H,4-5,12-13,22-26H2,1-3H3,(H,38,42)(H,39,41). The van der Waals surface area contributed by atoms with Crippen molar-refractivity contribution in [2.75, 3.05) is 13.1 Å². The number of nitrogens with zero attached hydrogens (tertiary/aromatic N) is 1. The van der Waals surface area contributed by atoms with Gasteiger partial charge < -0.3 is 25.0 Å². The molecule has 0 saturated carbocycles. The van der Waals surface area contributed by atoms with Gasteiger partial charge in [-0.1, -0.05) is 85.6 Å². The van der Waals surface area contributed by atoms with Gasteiger partial charge in [-0.2, -0.15) is 0 Å². The van der Waals surface area contributed by atoms with Crippen molar-refractivity contribution in [2.45, 2.75) is 83.6 Å². The third-order valence-electron chi connectivity index (χ3n) is 7.61. The van der Waals surface area contributed by atoms with E-state index in [-0.39, 0.29) is 12.8 Å². The molecule has 46 heavy (non-hydrogen) atoms. The predicted octanol–water partition coefficient (Wildman–Crippen LogP) is 4.76. The van der Waals surface area contributed by atoms with Crippen molar-refractivity contribution in [1.29, 1.82) is 0 Å². The van der Waals surface area contributed by atoms with Crippen LogP contribution in [0.1, 0.15) is 63.1 Å². The van der Waals surface area contributed by atoms with E-state index >= 15 is 0 Å². The van der Waals surface area contributed by atoms with Gasteiger partial charge in [-0.25, -0.2) is 4.79 Å². The average Bonchev–Trinajstić information content (AvgIpc) is 3.33. The number of carbonyl (C=O) groups excluding carboxylic acids is 4. The molecule has 2 atom stereocenters. The molecule has 3 aromatic rings. The second-order valence-corrected chi connectivity index (χ2v) is 12.6. The van der Waals surface area contributed by atoms with Crippen LogP contribution in [0.4, 0.5) is 0 Å². The quantitative estimate of drug-likeness (QED) is 0.234. The SMILES string of the molecule is CC(C)(C)OC(=O)C(Cc1ccc(OCc2ccccc2)cc1)NC(=O)C(Cc1ccccc1)NC(=O)C(=O)N1CCCCCC1. The van der Waals surface area contributed by atoms with Gasteiger partial charge >= 0.3 is 17.8 Å². The Labute approximate surface area is 271 Å². The fourth-order valence-electron chi connectivity index (χ4n) is 5.23. The zero-order chi connectivity index (χ0) is 32.9. The molecular weight excluding hydrogens is 582 g/mol.